The Kier molecular flexibility index (Phi) is 3.61. The number of hydrogen-bond acceptors (Lipinski definition) is 4. The molecule has 5 heteroatoms. The Bertz CT molecular complexity index is 488. The number of nitrogens with zero attached hydrogens (tertiary/aromatic N) is 3. The summed E-state index contributed by atoms with van der Waals surface area (Å²) in [6.45, 7) is 5.57. The Morgan fingerprint density at radius 3 is 2.90 bits per heavy atom. The standard InChI is InChI=1S/C15H21N3O2/c1-11-9-17-7-3-2-4-13(17)10-18(11)12-5-6-14(15(19)20)16-8-12/h5-6,8,11,13H,2-4,7,9-10H2,1H3,(H,19,20). The van der Waals surface area contributed by atoms with Crippen LogP contribution in [-0.4, -0.2) is 52.7 Å². The van der Waals surface area contributed by atoms with E-state index in [1.807, 2.05) is 6.07 Å². The molecule has 2 aliphatic heterocycles. The molecule has 0 aromatic carbocycles. The number of carboxylic acids is 1. The molecule has 0 saturated carbocycles. The van der Waals surface area contributed by atoms with E-state index < -0.39 is 5.97 Å². The van der Waals surface area contributed by atoms with Crippen LogP contribution in [0.5, 0.6) is 0 Å². The summed E-state index contributed by atoms with van der Waals surface area (Å²) < 4.78 is 0. The van der Waals surface area contributed by atoms with Crippen LogP contribution in [0, 0.1) is 0 Å². The molecule has 2 saturated heterocycles. The van der Waals surface area contributed by atoms with Crippen molar-refractivity contribution < 1.29 is 9.90 Å². The molecular weight excluding hydrogens is 254 g/mol. The third kappa shape index (κ3) is 2.50. The molecule has 3 heterocycles. The first-order valence-electron chi connectivity index (χ1n) is 7.35. The van der Waals surface area contributed by atoms with E-state index in [1.54, 1.807) is 12.3 Å². The number of fused-ring (bicyclic) bond motifs is 1. The Morgan fingerprint density at radius 2 is 2.20 bits per heavy atom. The first-order valence-corrected chi connectivity index (χ1v) is 7.35. The Hall–Kier alpha value is -1.62. The van der Waals surface area contributed by atoms with Crippen LogP contribution >= 0.6 is 0 Å². The normalized spacial score (nSPS) is 27.1. The number of piperidine rings is 1. The summed E-state index contributed by atoms with van der Waals surface area (Å²) in [7, 11) is 0. The number of piperazine rings is 1. The highest BCUT2D eigenvalue weighted by molar-refractivity contribution is 5.85. The van der Waals surface area contributed by atoms with Gasteiger partial charge in [0.15, 0.2) is 0 Å². The molecule has 2 aliphatic rings. The average Bonchev–Trinajstić information content (AvgIpc) is 2.46. The fraction of sp³-hybridized carbons (Fsp3) is 0.600. The molecule has 2 atom stereocenters. The van der Waals surface area contributed by atoms with E-state index in [1.165, 1.54) is 25.8 Å². The van der Waals surface area contributed by atoms with Crippen LogP contribution in [0.3, 0.4) is 0 Å². The monoisotopic (exact) mass is 275 g/mol. The van der Waals surface area contributed by atoms with E-state index in [0.717, 1.165) is 18.8 Å². The maximum atomic E-state index is 10.9. The van der Waals surface area contributed by atoms with Gasteiger partial charge in [-0.05, 0) is 38.4 Å². The fourth-order valence-corrected chi connectivity index (χ4v) is 3.39. The number of carboxylic acid groups (broad SMARTS) is 1. The summed E-state index contributed by atoms with van der Waals surface area (Å²) in [5.41, 5.74) is 1.14. The molecule has 1 N–H and O–H groups in total. The van der Waals surface area contributed by atoms with Crippen molar-refractivity contribution >= 4 is 11.7 Å². The maximum Gasteiger partial charge on any atom is 0.354 e. The van der Waals surface area contributed by atoms with E-state index in [9.17, 15) is 4.79 Å². The molecule has 5 nitrogen and oxygen atoms in total. The maximum absolute atomic E-state index is 10.9. The lowest BCUT2D eigenvalue weighted by atomic mass is 9.97. The van der Waals surface area contributed by atoms with Crippen molar-refractivity contribution in [3.05, 3.63) is 24.0 Å². The van der Waals surface area contributed by atoms with Gasteiger partial charge in [0.1, 0.15) is 5.69 Å². The van der Waals surface area contributed by atoms with Gasteiger partial charge in [0.2, 0.25) is 0 Å². The third-order valence-electron chi connectivity index (χ3n) is 4.49. The predicted octanol–water partition coefficient (Wildman–Crippen LogP) is 1.84. The molecule has 3 rings (SSSR count). The molecule has 2 unspecified atom stereocenters. The van der Waals surface area contributed by atoms with Crippen LogP contribution in [-0.2, 0) is 0 Å². The summed E-state index contributed by atoms with van der Waals surface area (Å²) in [5, 5.41) is 8.91. The number of pyridine rings is 1. The number of anilines is 1. The van der Waals surface area contributed by atoms with Crippen molar-refractivity contribution in [2.45, 2.75) is 38.3 Å². The van der Waals surface area contributed by atoms with Gasteiger partial charge in [-0.2, -0.15) is 0 Å². The van der Waals surface area contributed by atoms with Crippen LogP contribution in [0.4, 0.5) is 5.69 Å². The zero-order chi connectivity index (χ0) is 14.1. The van der Waals surface area contributed by atoms with Gasteiger partial charge < -0.3 is 10.0 Å². The highest BCUT2D eigenvalue weighted by Crippen LogP contribution is 2.27. The van der Waals surface area contributed by atoms with Gasteiger partial charge in [0, 0.05) is 25.2 Å². The second kappa shape index (κ2) is 5.40. The minimum absolute atomic E-state index is 0.109. The molecule has 0 radical (unpaired) electrons. The van der Waals surface area contributed by atoms with E-state index in [0.29, 0.717) is 12.1 Å². The van der Waals surface area contributed by atoms with E-state index in [4.69, 9.17) is 5.11 Å². The van der Waals surface area contributed by atoms with Gasteiger partial charge in [-0.1, -0.05) is 6.42 Å². The van der Waals surface area contributed by atoms with Crippen LogP contribution in [0.15, 0.2) is 18.3 Å². The molecule has 0 aliphatic carbocycles. The van der Waals surface area contributed by atoms with Crippen molar-refractivity contribution in [2.24, 2.45) is 0 Å². The van der Waals surface area contributed by atoms with Gasteiger partial charge in [-0.3, -0.25) is 4.90 Å². The smallest absolute Gasteiger partial charge is 0.354 e. The van der Waals surface area contributed by atoms with Crippen molar-refractivity contribution in [2.75, 3.05) is 24.5 Å². The molecule has 20 heavy (non-hydrogen) atoms. The van der Waals surface area contributed by atoms with Gasteiger partial charge in [-0.25, -0.2) is 9.78 Å². The Morgan fingerprint density at radius 1 is 1.35 bits per heavy atom. The zero-order valence-corrected chi connectivity index (χ0v) is 11.8. The van der Waals surface area contributed by atoms with Crippen LogP contribution in [0.1, 0.15) is 36.7 Å². The van der Waals surface area contributed by atoms with Crippen LogP contribution in [0.2, 0.25) is 0 Å². The van der Waals surface area contributed by atoms with E-state index in [-0.39, 0.29) is 5.69 Å². The van der Waals surface area contributed by atoms with E-state index >= 15 is 0 Å². The molecule has 1 aromatic rings. The quantitative estimate of drug-likeness (QED) is 0.892. The molecule has 2 fully saturated rings. The largest absolute Gasteiger partial charge is 0.477 e. The minimum atomic E-state index is -0.971. The lowest BCUT2D eigenvalue weighted by Crippen LogP contribution is -2.58. The van der Waals surface area contributed by atoms with Crippen molar-refractivity contribution in [1.29, 1.82) is 0 Å². The lowest BCUT2D eigenvalue weighted by Gasteiger charge is -2.48. The summed E-state index contributed by atoms with van der Waals surface area (Å²) in [5.74, 6) is -0.971. The number of aromatic carboxylic acids is 1. The SMILES string of the molecule is CC1CN2CCCCC2CN1c1ccc(C(=O)O)nc1. The van der Waals surface area contributed by atoms with Crippen molar-refractivity contribution in [3.8, 4) is 0 Å². The van der Waals surface area contributed by atoms with Crippen molar-refractivity contribution in [1.82, 2.24) is 9.88 Å². The minimum Gasteiger partial charge on any atom is -0.477 e. The zero-order valence-electron chi connectivity index (χ0n) is 11.8. The van der Waals surface area contributed by atoms with Gasteiger partial charge in [-0.15, -0.1) is 0 Å². The third-order valence-corrected chi connectivity index (χ3v) is 4.49. The summed E-state index contributed by atoms with van der Waals surface area (Å²) in [6, 6.07) is 4.56. The first kappa shape index (κ1) is 13.4. The first-order chi connectivity index (χ1) is 9.65. The Labute approximate surface area is 119 Å². The number of aromatic nitrogens is 1. The van der Waals surface area contributed by atoms with Crippen LogP contribution < -0.4 is 4.90 Å². The summed E-state index contributed by atoms with van der Waals surface area (Å²) in [6.07, 6.45) is 5.60. The molecule has 0 bridgehead atoms. The molecule has 0 spiro atoms. The number of hydrogen-bond donors (Lipinski definition) is 1. The van der Waals surface area contributed by atoms with Gasteiger partial charge in [0.25, 0.3) is 0 Å². The van der Waals surface area contributed by atoms with Crippen LogP contribution in [0.25, 0.3) is 0 Å². The topological polar surface area (TPSA) is 56.7 Å². The lowest BCUT2D eigenvalue weighted by molar-refractivity contribution is 0.0690. The summed E-state index contributed by atoms with van der Waals surface area (Å²) >= 11 is 0. The molecule has 108 valence electrons. The number of rotatable bonds is 2. The summed E-state index contributed by atoms with van der Waals surface area (Å²) in [4.78, 5) is 19.9. The average molecular weight is 275 g/mol. The number of carbonyl (C=O) groups is 1. The Balaban J connectivity index is 1.77. The molecule has 1 aromatic heterocycles. The second-order valence-electron chi connectivity index (χ2n) is 5.85. The highest BCUT2D eigenvalue weighted by Gasteiger charge is 2.33. The second-order valence-corrected chi connectivity index (χ2v) is 5.85. The molecular formula is C15H21N3O2. The fourth-order valence-electron chi connectivity index (χ4n) is 3.39. The van der Waals surface area contributed by atoms with E-state index in [2.05, 4.69) is 21.7 Å². The highest BCUT2D eigenvalue weighted by atomic mass is 16.4. The molecule has 0 amide bonds. The predicted molar refractivity (Wildman–Crippen MR) is 77.2 cm³/mol. The van der Waals surface area contributed by atoms with Gasteiger partial charge in [0.05, 0.1) is 11.9 Å². The van der Waals surface area contributed by atoms with Crippen molar-refractivity contribution in [3.63, 3.8) is 0 Å². The van der Waals surface area contributed by atoms with Gasteiger partial charge >= 0.3 is 5.97 Å².